The maximum absolute atomic E-state index is 9.22. The second-order valence-corrected chi connectivity index (χ2v) is 6.30. The summed E-state index contributed by atoms with van der Waals surface area (Å²) in [5.74, 6) is 1.52. The molecule has 5 nitrogen and oxygen atoms in total. The zero-order valence-electron chi connectivity index (χ0n) is 14.1. The third kappa shape index (κ3) is 3.11. The summed E-state index contributed by atoms with van der Waals surface area (Å²) in [6.07, 6.45) is 3.59. The van der Waals surface area contributed by atoms with Crippen LogP contribution in [-0.4, -0.2) is 16.5 Å². The summed E-state index contributed by atoms with van der Waals surface area (Å²) in [6.45, 7) is 3.61. The van der Waals surface area contributed by atoms with Crippen molar-refractivity contribution in [3.05, 3.63) is 65.2 Å². The molecule has 0 N–H and O–H groups in total. The lowest BCUT2D eigenvalue weighted by Gasteiger charge is -2.23. The average Bonchev–Trinajstić information content (AvgIpc) is 2.93. The zero-order valence-corrected chi connectivity index (χ0v) is 14.1. The molecule has 5 heteroatoms. The van der Waals surface area contributed by atoms with E-state index in [0.717, 1.165) is 47.8 Å². The van der Waals surface area contributed by atoms with E-state index in [-0.39, 0.29) is 0 Å². The Morgan fingerprint density at radius 3 is 2.96 bits per heavy atom. The van der Waals surface area contributed by atoms with E-state index in [4.69, 9.17) is 4.42 Å². The average molecular weight is 330 g/mol. The quantitative estimate of drug-likeness (QED) is 0.713. The maximum Gasteiger partial charge on any atom is 0.245 e. The summed E-state index contributed by atoms with van der Waals surface area (Å²) in [7, 11) is 0. The van der Waals surface area contributed by atoms with Crippen LogP contribution in [0.4, 0.5) is 5.69 Å². The molecule has 0 saturated carbocycles. The number of anilines is 1. The first-order valence-corrected chi connectivity index (χ1v) is 8.39. The summed E-state index contributed by atoms with van der Waals surface area (Å²) in [6, 6.07) is 13.9. The van der Waals surface area contributed by atoms with Crippen molar-refractivity contribution < 1.29 is 4.42 Å². The number of rotatable bonds is 2. The number of nitriles is 1. The molecule has 0 unspecified atom stereocenters. The Morgan fingerprint density at radius 2 is 2.16 bits per heavy atom. The predicted molar refractivity (Wildman–Crippen MR) is 95.0 cm³/mol. The monoisotopic (exact) mass is 330 g/mol. The molecule has 0 spiro atoms. The van der Waals surface area contributed by atoms with E-state index in [1.54, 1.807) is 6.20 Å². The number of hydrogen-bond acceptors (Lipinski definition) is 5. The van der Waals surface area contributed by atoms with Gasteiger partial charge in [0.25, 0.3) is 0 Å². The minimum atomic E-state index is 0.578. The summed E-state index contributed by atoms with van der Waals surface area (Å²) in [5, 5.41) is 9.22. The van der Waals surface area contributed by atoms with E-state index < -0.39 is 0 Å². The highest BCUT2D eigenvalue weighted by atomic mass is 16.4. The van der Waals surface area contributed by atoms with E-state index in [2.05, 4.69) is 27.0 Å². The molecule has 0 radical (unpaired) electrons. The van der Waals surface area contributed by atoms with Gasteiger partial charge in [-0.15, -0.1) is 0 Å². The largest absolute Gasteiger partial charge is 0.440 e. The molecule has 0 saturated heterocycles. The number of benzene rings is 1. The fourth-order valence-corrected chi connectivity index (χ4v) is 3.22. The third-order valence-corrected chi connectivity index (χ3v) is 4.39. The van der Waals surface area contributed by atoms with Gasteiger partial charge in [0.15, 0.2) is 0 Å². The van der Waals surface area contributed by atoms with E-state index >= 15 is 0 Å². The van der Waals surface area contributed by atoms with Gasteiger partial charge in [-0.2, -0.15) is 5.26 Å². The highest BCUT2D eigenvalue weighted by Crippen LogP contribution is 2.28. The van der Waals surface area contributed by atoms with Crippen LogP contribution in [-0.2, 0) is 13.0 Å². The topological polar surface area (TPSA) is 66.0 Å². The van der Waals surface area contributed by atoms with Crippen LogP contribution in [0.5, 0.6) is 0 Å². The number of pyridine rings is 1. The number of hydrogen-bond donors (Lipinski definition) is 0. The molecule has 1 aliphatic rings. The van der Waals surface area contributed by atoms with E-state index in [9.17, 15) is 5.26 Å². The van der Waals surface area contributed by atoms with Gasteiger partial charge in [-0.05, 0) is 49.2 Å². The Kier molecular flexibility index (Phi) is 3.95. The maximum atomic E-state index is 9.22. The molecule has 2 aromatic heterocycles. The Balaban J connectivity index is 1.67. The van der Waals surface area contributed by atoms with Crippen LogP contribution >= 0.6 is 0 Å². The van der Waals surface area contributed by atoms with Gasteiger partial charge >= 0.3 is 0 Å². The Morgan fingerprint density at radius 1 is 1.24 bits per heavy atom. The van der Waals surface area contributed by atoms with Gasteiger partial charge in [-0.3, -0.25) is 4.98 Å². The Bertz CT molecular complexity index is 940. The molecule has 0 fully saturated rings. The van der Waals surface area contributed by atoms with Crippen LogP contribution in [0, 0.1) is 18.3 Å². The van der Waals surface area contributed by atoms with Crippen molar-refractivity contribution >= 4 is 5.69 Å². The van der Waals surface area contributed by atoms with Crippen LogP contribution in [0.2, 0.25) is 0 Å². The molecule has 124 valence electrons. The summed E-state index contributed by atoms with van der Waals surface area (Å²) in [4.78, 5) is 11.3. The molecular formula is C20H18N4O. The van der Waals surface area contributed by atoms with Crippen LogP contribution in [0.1, 0.15) is 29.0 Å². The van der Waals surface area contributed by atoms with Crippen LogP contribution in [0.15, 0.2) is 47.0 Å². The number of nitrogens with zero attached hydrogens (tertiary/aromatic N) is 4. The van der Waals surface area contributed by atoms with Crippen molar-refractivity contribution in [2.45, 2.75) is 26.3 Å². The molecule has 4 rings (SSSR count). The van der Waals surface area contributed by atoms with Crippen molar-refractivity contribution in [3.63, 3.8) is 0 Å². The van der Waals surface area contributed by atoms with Crippen molar-refractivity contribution in [3.8, 4) is 17.7 Å². The van der Waals surface area contributed by atoms with E-state index in [1.807, 2.05) is 37.3 Å². The number of aryl methyl sites for hydroxylation is 2. The van der Waals surface area contributed by atoms with Gasteiger partial charge in [0.2, 0.25) is 5.89 Å². The van der Waals surface area contributed by atoms with Crippen LogP contribution < -0.4 is 4.90 Å². The molecule has 0 aliphatic carbocycles. The van der Waals surface area contributed by atoms with Crippen molar-refractivity contribution in [2.24, 2.45) is 0 Å². The zero-order chi connectivity index (χ0) is 17.2. The fraction of sp³-hybridized carbons (Fsp3) is 0.250. The summed E-state index contributed by atoms with van der Waals surface area (Å²) >= 11 is 0. The van der Waals surface area contributed by atoms with Crippen molar-refractivity contribution in [1.82, 2.24) is 9.97 Å². The van der Waals surface area contributed by atoms with Gasteiger partial charge < -0.3 is 9.32 Å². The molecule has 1 aromatic carbocycles. The predicted octanol–water partition coefficient (Wildman–Crippen LogP) is 3.87. The number of aromatic nitrogens is 2. The summed E-state index contributed by atoms with van der Waals surface area (Å²) < 4.78 is 5.97. The van der Waals surface area contributed by atoms with Crippen LogP contribution in [0.3, 0.4) is 0 Å². The molecular weight excluding hydrogens is 312 g/mol. The Labute approximate surface area is 146 Å². The first-order valence-electron chi connectivity index (χ1n) is 8.39. The van der Waals surface area contributed by atoms with Crippen LogP contribution in [0.25, 0.3) is 11.6 Å². The molecule has 3 aromatic rings. The minimum Gasteiger partial charge on any atom is -0.440 e. The van der Waals surface area contributed by atoms with Gasteiger partial charge in [0, 0.05) is 24.8 Å². The second-order valence-electron chi connectivity index (χ2n) is 6.30. The van der Waals surface area contributed by atoms with Gasteiger partial charge in [0.1, 0.15) is 17.1 Å². The second kappa shape index (κ2) is 6.40. The molecule has 1 aliphatic heterocycles. The molecule has 0 bridgehead atoms. The third-order valence-electron chi connectivity index (χ3n) is 4.39. The number of fused-ring (bicyclic) bond motifs is 1. The van der Waals surface area contributed by atoms with Gasteiger partial charge in [-0.1, -0.05) is 6.07 Å². The van der Waals surface area contributed by atoms with Crippen molar-refractivity contribution in [2.75, 3.05) is 11.4 Å². The van der Waals surface area contributed by atoms with E-state index in [0.29, 0.717) is 18.0 Å². The lowest BCUT2D eigenvalue weighted by atomic mass is 10.1. The molecule has 3 heterocycles. The summed E-state index contributed by atoms with van der Waals surface area (Å²) in [5.41, 5.74) is 4.55. The van der Waals surface area contributed by atoms with Crippen molar-refractivity contribution in [1.29, 1.82) is 5.26 Å². The fourth-order valence-electron chi connectivity index (χ4n) is 3.22. The minimum absolute atomic E-state index is 0.578. The van der Waals surface area contributed by atoms with Gasteiger partial charge in [-0.25, -0.2) is 4.98 Å². The normalized spacial score (nSPS) is 13.8. The first-order chi connectivity index (χ1) is 12.2. The molecule has 0 atom stereocenters. The highest BCUT2D eigenvalue weighted by Gasteiger charge is 2.22. The Hall–Kier alpha value is -3.13. The highest BCUT2D eigenvalue weighted by molar-refractivity contribution is 5.55. The van der Waals surface area contributed by atoms with E-state index in [1.165, 1.54) is 0 Å². The number of oxazole rings is 1. The lowest BCUT2D eigenvalue weighted by Crippen LogP contribution is -2.23. The molecule has 25 heavy (non-hydrogen) atoms. The lowest BCUT2D eigenvalue weighted by molar-refractivity contribution is 0.511. The van der Waals surface area contributed by atoms with Gasteiger partial charge in [0.05, 0.1) is 18.2 Å². The first kappa shape index (κ1) is 15.4. The SMILES string of the molecule is Cc1cc(C#N)cc(N2CCCc3oc(-c4ccccn4)nc3C2)c1. The standard InChI is InChI=1S/C20H18N4O/c1-14-9-15(12-21)11-16(10-14)24-8-4-6-19-18(13-24)23-20(25-19)17-5-2-3-7-22-17/h2-3,5,7,9-11H,4,6,8,13H2,1H3. The molecule has 0 amide bonds. The smallest absolute Gasteiger partial charge is 0.245 e.